The molecule has 8 nitrogen and oxygen atoms in total. The predicted molar refractivity (Wildman–Crippen MR) is 122 cm³/mol. The Bertz CT molecular complexity index is 907. The molecule has 2 aliphatic rings. The molecule has 8 heteroatoms. The normalized spacial score (nSPS) is 18.8. The average Bonchev–Trinajstić information content (AvgIpc) is 3.51. The highest BCUT2D eigenvalue weighted by atomic mass is 16.5. The molecule has 2 aliphatic heterocycles. The van der Waals surface area contributed by atoms with Gasteiger partial charge < -0.3 is 19.9 Å². The van der Waals surface area contributed by atoms with Gasteiger partial charge in [0.05, 0.1) is 6.61 Å². The number of fused-ring (bicyclic) bond motifs is 1. The molecular weight excluding hydrogens is 390 g/mol. The molecule has 0 aliphatic carbocycles. The highest BCUT2D eigenvalue weighted by Crippen LogP contribution is 2.25. The van der Waals surface area contributed by atoms with Crippen LogP contribution in [0.3, 0.4) is 0 Å². The number of hydrogen-bond donors (Lipinski definition) is 2. The lowest BCUT2D eigenvalue weighted by Crippen LogP contribution is -2.45. The van der Waals surface area contributed by atoms with Crippen molar-refractivity contribution in [3.8, 4) is 5.75 Å². The Hall–Kier alpha value is -2.61. The van der Waals surface area contributed by atoms with Crippen LogP contribution in [-0.2, 0) is 26.4 Å². The molecule has 2 aromatic rings. The first-order chi connectivity index (χ1) is 15.1. The predicted octanol–water partition coefficient (Wildman–Crippen LogP) is 1.82. The molecule has 1 fully saturated rings. The number of ether oxygens (including phenoxy) is 1. The van der Waals surface area contributed by atoms with Crippen LogP contribution >= 0.6 is 0 Å². The van der Waals surface area contributed by atoms with Gasteiger partial charge in [0.15, 0.2) is 11.8 Å². The maximum absolute atomic E-state index is 5.62. The maximum Gasteiger partial charge on any atom is 0.191 e. The van der Waals surface area contributed by atoms with Crippen LogP contribution in [0, 0.1) is 6.92 Å². The van der Waals surface area contributed by atoms with Gasteiger partial charge in [-0.3, -0.25) is 4.90 Å². The molecule has 1 saturated heterocycles. The minimum atomic E-state index is 0.505. The number of nitrogens with zero attached hydrogens (tertiary/aromatic N) is 5. The van der Waals surface area contributed by atoms with E-state index < -0.39 is 0 Å². The third-order valence-electron chi connectivity index (χ3n) is 6.43. The SMILES string of the molecule is CCN1CCCC1CNC(=NCc1nnc(C)n1C)NCCc1ccc2c(c1)CCO2. The number of nitrogens with one attached hydrogen (secondary N) is 2. The minimum absolute atomic E-state index is 0.505. The van der Waals surface area contributed by atoms with E-state index in [-0.39, 0.29) is 0 Å². The molecule has 2 N–H and O–H groups in total. The molecule has 1 atom stereocenters. The van der Waals surface area contributed by atoms with Gasteiger partial charge in [-0.15, -0.1) is 10.2 Å². The lowest BCUT2D eigenvalue weighted by molar-refractivity contribution is 0.267. The molecule has 3 heterocycles. The van der Waals surface area contributed by atoms with Crippen LogP contribution in [0.2, 0.25) is 0 Å². The first-order valence-electron chi connectivity index (χ1n) is 11.5. The van der Waals surface area contributed by atoms with Crippen LogP contribution in [0.1, 0.15) is 42.5 Å². The Morgan fingerprint density at radius 2 is 2.19 bits per heavy atom. The minimum Gasteiger partial charge on any atom is -0.493 e. The molecule has 31 heavy (non-hydrogen) atoms. The summed E-state index contributed by atoms with van der Waals surface area (Å²) >= 11 is 0. The van der Waals surface area contributed by atoms with Crippen molar-refractivity contribution in [3.05, 3.63) is 41.0 Å². The summed E-state index contributed by atoms with van der Waals surface area (Å²) in [5.41, 5.74) is 2.65. The molecule has 0 saturated carbocycles. The fourth-order valence-electron chi connectivity index (χ4n) is 4.39. The zero-order chi connectivity index (χ0) is 21.6. The van der Waals surface area contributed by atoms with Gasteiger partial charge in [0.1, 0.15) is 18.1 Å². The molecule has 1 unspecified atom stereocenters. The lowest BCUT2D eigenvalue weighted by Gasteiger charge is -2.24. The summed E-state index contributed by atoms with van der Waals surface area (Å²) in [4.78, 5) is 7.35. The van der Waals surface area contributed by atoms with E-state index in [9.17, 15) is 0 Å². The summed E-state index contributed by atoms with van der Waals surface area (Å²) in [5, 5.41) is 15.5. The molecule has 1 aromatic heterocycles. The van der Waals surface area contributed by atoms with Crippen molar-refractivity contribution in [2.45, 2.75) is 52.1 Å². The molecule has 0 spiro atoms. The van der Waals surface area contributed by atoms with E-state index in [1.807, 2.05) is 18.5 Å². The lowest BCUT2D eigenvalue weighted by atomic mass is 10.1. The number of likely N-dealkylation sites (tertiary alicyclic amines) is 1. The third kappa shape index (κ3) is 5.36. The van der Waals surface area contributed by atoms with Crippen molar-refractivity contribution < 1.29 is 4.74 Å². The van der Waals surface area contributed by atoms with Crippen LogP contribution in [0.5, 0.6) is 5.75 Å². The van der Waals surface area contributed by atoms with Gasteiger partial charge in [-0.05, 0) is 56.5 Å². The van der Waals surface area contributed by atoms with Gasteiger partial charge in [0, 0.05) is 32.6 Å². The zero-order valence-electron chi connectivity index (χ0n) is 19.0. The maximum atomic E-state index is 5.62. The number of aliphatic imine (C=N–C) groups is 1. The van der Waals surface area contributed by atoms with Crippen molar-refractivity contribution in [3.63, 3.8) is 0 Å². The average molecular weight is 426 g/mol. The highest BCUT2D eigenvalue weighted by molar-refractivity contribution is 5.79. The zero-order valence-corrected chi connectivity index (χ0v) is 19.0. The topological polar surface area (TPSA) is 79.6 Å². The molecular formula is C23H35N7O. The van der Waals surface area contributed by atoms with Crippen molar-refractivity contribution in [1.29, 1.82) is 0 Å². The number of benzene rings is 1. The molecule has 4 rings (SSSR count). The van der Waals surface area contributed by atoms with Crippen molar-refractivity contribution in [2.75, 3.05) is 32.8 Å². The number of aromatic nitrogens is 3. The first kappa shape index (κ1) is 21.6. The van der Waals surface area contributed by atoms with E-state index in [1.54, 1.807) is 0 Å². The molecule has 0 radical (unpaired) electrons. The second-order valence-corrected chi connectivity index (χ2v) is 8.41. The van der Waals surface area contributed by atoms with Gasteiger partial charge in [0.25, 0.3) is 0 Å². The van der Waals surface area contributed by atoms with Crippen LogP contribution < -0.4 is 15.4 Å². The van der Waals surface area contributed by atoms with Crippen molar-refractivity contribution in [1.82, 2.24) is 30.3 Å². The van der Waals surface area contributed by atoms with Crippen LogP contribution in [0.25, 0.3) is 0 Å². The van der Waals surface area contributed by atoms with Crippen LogP contribution in [0.4, 0.5) is 0 Å². The van der Waals surface area contributed by atoms with Gasteiger partial charge in [0.2, 0.25) is 0 Å². The van der Waals surface area contributed by atoms with Gasteiger partial charge in [-0.25, -0.2) is 4.99 Å². The van der Waals surface area contributed by atoms with Gasteiger partial charge in [-0.2, -0.15) is 0 Å². The third-order valence-corrected chi connectivity index (χ3v) is 6.43. The quantitative estimate of drug-likeness (QED) is 0.496. The number of likely N-dealkylation sites (N-methyl/N-ethyl adjacent to an activating group) is 1. The Morgan fingerprint density at radius 3 is 3.00 bits per heavy atom. The number of rotatable bonds is 8. The monoisotopic (exact) mass is 425 g/mol. The second kappa shape index (κ2) is 10.1. The summed E-state index contributed by atoms with van der Waals surface area (Å²) < 4.78 is 7.61. The first-order valence-corrected chi connectivity index (χ1v) is 11.5. The fourth-order valence-corrected chi connectivity index (χ4v) is 4.39. The molecule has 168 valence electrons. The largest absolute Gasteiger partial charge is 0.493 e. The molecule has 1 aromatic carbocycles. The Kier molecular flexibility index (Phi) is 7.06. The fraction of sp³-hybridized carbons (Fsp3) is 0.609. The van der Waals surface area contributed by atoms with E-state index in [0.717, 1.165) is 62.4 Å². The van der Waals surface area contributed by atoms with E-state index in [1.165, 1.54) is 30.5 Å². The Morgan fingerprint density at radius 1 is 1.29 bits per heavy atom. The smallest absolute Gasteiger partial charge is 0.191 e. The van der Waals surface area contributed by atoms with Crippen molar-refractivity contribution in [2.24, 2.45) is 12.0 Å². The standard InChI is InChI=1S/C23H35N7O/c1-4-30-12-5-6-20(30)15-25-23(26-16-22-28-27-17(2)29(22)3)24-11-9-18-7-8-21-19(14-18)10-13-31-21/h7-8,14,20H,4-6,9-13,15-16H2,1-3H3,(H2,24,25,26). The number of guanidine groups is 1. The summed E-state index contributed by atoms with van der Waals surface area (Å²) in [6, 6.07) is 7.11. The molecule has 0 amide bonds. The summed E-state index contributed by atoms with van der Waals surface area (Å²) in [7, 11) is 1.98. The van der Waals surface area contributed by atoms with E-state index in [0.29, 0.717) is 12.6 Å². The van der Waals surface area contributed by atoms with Crippen LogP contribution in [-0.4, -0.2) is 64.5 Å². The summed E-state index contributed by atoms with van der Waals surface area (Å²) in [6.07, 6.45) is 4.48. The summed E-state index contributed by atoms with van der Waals surface area (Å²) in [5.74, 6) is 3.65. The van der Waals surface area contributed by atoms with Gasteiger partial charge in [-0.1, -0.05) is 19.1 Å². The molecule has 0 bridgehead atoms. The van der Waals surface area contributed by atoms with Crippen molar-refractivity contribution >= 4 is 5.96 Å². The summed E-state index contributed by atoms with van der Waals surface area (Å²) in [6.45, 7) is 9.54. The van der Waals surface area contributed by atoms with E-state index >= 15 is 0 Å². The Balaban J connectivity index is 1.36. The van der Waals surface area contributed by atoms with E-state index in [2.05, 4.69) is 50.9 Å². The van der Waals surface area contributed by atoms with Crippen LogP contribution in [0.15, 0.2) is 23.2 Å². The number of hydrogen-bond acceptors (Lipinski definition) is 5. The van der Waals surface area contributed by atoms with Gasteiger partial charge >= 0.3 is 0 Å². The second-order valence-electron chi connectivity index (χ2n) is 8.41. The van der Waals surface area contributed by atoms with E-state index in [4.69, 9.17) is 9.73 Å². The number of aryl methyl sites for hydroxylation is 1. The Labute approximate surface area is 185 Å². The highest BCUT2D eigenvalue weighted by Gasteiger charge is 2.22.